The van der Waals surface area contributed by atoms with Crippen LogP contribution in [0.15, 0.2) is 30.3 Å². The van der Waals surface area contributed by atoms with Gasteiger partial charge in [-0.1, -0.05) is 27.5 Å². The smallest absolute Gasteiger partial charge is 0.128 e. The summed E-state index contributed by atoms with van der Waals surface area (Å²) >= 11 is 11.5. The normalized spacial score (nSPS) is 12.5. The molecular formula is C14H9BrClF2I. The van der Waals surface area contributed by atoms with Gasteiger partial charge in [0.2, 0.25) is 0 Å². The summed E-state index contributed by atoms with van der Waals surface area (Å²) in [5, 5.41) is 0.563. The summed E-state index contributed by atoms with van der Waals surface area (Å²) in [5.41, 5.74) is 1.38. The van der Waals surface area contributed by atoms with Gasteiger partial charge in [-0.25, -0.2) is 8.78 Å². The first-order chi connectivity index (χ1) is 8.90. The fraction of sp³-hybridized carbons (Fsp3) is 0.143. The molecule has 5 heteroatoms. The molecule has 0 radical (unpaired) electrons. The van der Waals surface area contributed by atoms with E-state index in [9.17, 15) is 8.78 Å². The lowest BCUT2D eigenvalue weighted by atomic mass is 10.0. The second kappa shape index (κ2) is 6.06. The van der Waals surface area contributed by atoms with Crippen molar-refractivity contribution in [3.8, 4) is 0 Å². The monoisotopic (exact) mass is 456 g/mol. The molecule has 0 aliphatic rings. The zero-order chi connectivity index (χ0) is 14.2. The van der Waals surface area contributed by atoms with Gasteiger partial charge in [-0.3, -0.25) is 0 Å². The highest BCUT2D eigenvalue weighted by Crippen LogP contribution is 2.37. The highest BCUT2D eigenvalue weighted by atomic mass is 127. The minimum absolute atomic E-state index is 0.267. The number of hydrogen-bond acceptors (Lipinski definition) is 0. The van der Waals surface area contributed by atoms with Gasteiger partial charge in [0.15, 0.2) is 0 Å². The zero-order valence-corrected chi connectivity index (χ0v) is 14.4. The second-order valence-electron chi connectivity index (χ2n) is 4.15. The number of benzene rings is 2. The van der Waals surface area contributed by atoms with E-state index in [-0.39, 0.29) is 5.56 Å². The van der Waals surface area contributed by atoms with Crippen molar-refractivity contribution in [2.75, 3.05) is 0 Å². The van der Waals surface area contributed by atoms with Crippen LogP contribution in [0.3, 0.4) is 0 Å². The van der Waals surface area contributed by atoms with E-state index >= 15 is 0 Å². The van der Waals surface area contributed by atoms with Crippen LogP contribution in [0.1, 0.15) is 21.5 Å². The van der Waals surface area contributed by atoms with Crippen LogP contribution in [0.25, 0.3) is 0 Å². The minimum atomic E-state index is -0.437. The molecule has 0 heterocycles. The van der Waals surface area contributed by atoms with E-state index in [1.165, 1.54) is 19.1 Å². The second-order valence-corrected chi connectivity index (χ2v) is 6.67. The Morgan fingerprint density at radius 3 is 2.47 bits per heavy atom. The van der Waals surface area contributed by atoms with Crippen LogP contribution in [0, 0.1) is 22.1 Å². The van der Waals surface area contributed by atoms with E-state index in [0.29, 0.717) is 10.6 Å². The van der Waals surface area contributed by atoms with E-state index in [1.807, 2.05) is 6.07 Å². The van der Waals surface area contributed by atoms with Gasteiger partial charge in [-0.15, -0.1) is 0 Å². The molecule has 0 aromatic heterocycles. The molecule has 2 aromatic rings. The number of rotatable bonds is 2. The Morgan fingerprint density at radius 1 is 1.11 bits per heavy atom. The molecule has 0 N–H and O–H groups in total. The molecule has 2 rings (SSSR count). The zero-order valence-electron chi connectivity index (χ0n) is 9.85. The SMILES string of the molecule is Cc1cc(F)c(C(Br)c2cc(Cl)ccc2I)cc1F. The number of hydrogen-bond donors (Lipinski definition) is 0. The van der Waals surface area contributed by atoms with Crippen molar-refractivity contribution in [2.24, 2.45) is 0 Å². The maximum absolute atomic E-state index is 14.0. The molecule has 0 aliphatic heterocycles. The van der Waals surface area contributed by atoms with Crippen LogP contribution < -0.4 is 0 Å². The fourth-order valence-corrected chi connectivity index (χ4v) is 3.72. The standard InChI is InChI=1S/C14H9BrClF2I/c1-7-4-12(18)9(6-11(7)17)14(15)10-5-8(16)2-3-13(10)19/h2-6,14H,1H3. The molecule has 0 spiro atoms. The lowest BCUT2D eigenvalue weighted by molar-refractivity contribution is 0.581. The van der Waals surface area contributed by atoms with Crippen LogP contribution >= 0.6 is 50.1 Å². The van der Waals surface area contributed by atoms with E-state index in [1.54, 1.807) is 12.1 Å². The first-order valence-electron chi connectivity index (χ1n) is 5.44. The predicted molar refractivity (Wildman–Crippen MR) is 86.0 cm³/mol. The van der Waals surface area contributed by atoms with E-state index in [4.69, 9.17) is 11.6 Å². The van der Waals surface area contributed by atoms with Gasteiger partial charge < -0.3 is 0 Å². The third-order valence-corrected chi connectivity index (χ3v) is 4.99. The molecule has 19 heavy (non-hydrogen) atoms. The Kier molecular flexibility index (Phi) is 4.84. The lowest BCUT2D eigenvalue weighted by Crippen LogP contribution is -2.01. The molecule has 1 atom stereocenters. The highest BCUT2D eigenvalue weighted by molar-refractivity contribution is 14.1. The molecule has 1 unspecified atom stereocenters. The van der Waals surface area contributed by atoms with E-state index < -0.39 is 16.5 Å². The van der Waals surface area contributed by atoms with Gasteiger partial charge in [0.1, 0.15) is 11.6 Å². The lowest BCUT2D eigenvalue weighted by Gasteiger charge is -2.15. The third kappa shape index (κ3) is 3.28. The molecule has 0 fully saturated rings. The maximum atomic E-state index is 14.0. The quantitative estimate of drug-likeness (QED) is 0.382. The fourth-order valence-electron chi connectivity index (χ4n) is 1.73. The van der Waals surface area contributed by atoms with Crippen LogP contribution in [-0.4, -0.2) is 0 Å². The Labute approximate surface area is 137 Å². The summed E-state index contributed by atoms with van der Waals surface area (Å²) in [7, 11) is 0. The summed E-state index contributed by atoms with van der Waals surface area (Å²) in [6, 6.07) is 7.78. The van der Waals surface area contributed by atoms with Crippen LogP contribution in [0.5, 0.6) is 0 Å². The van der Waals surface area contributed by atoms with Crippen LogP contribution in [0.4, 0.5) is 8.78 Å². The van der Waals surface area contributed by atoms with E-state index in [0.717, 1.165) is 9.13 Å². The summed E-state index contributed by atoms with van der Waals surface area (Å²) < 4.78 is 28.5. The molecule has 0 nitrogen and oxygen atoms in total. The number of halogens is 5. The average molecular weight is 457 g/mol. The predicted octanol–water partition coefficient (Wildman–Crippen LogP) is 6.02. The van der Waals surface area contributed by atoms with Crippen molar-refractivity contribution in [1.29, 1.82) is 0 Å². The summed E-state index contributed by atoms with van der Waals surface area (Å²) in [4.78, 5) is -0.437. The number of alkyl halides is 1. The summed E-state index contributed by atoms with van der Waals surface area (Å²) in [6.45, 7) is 1.54. The Balaban J connectivity index is 2.52. The Bertz CT molecular complexity index is 631. The van der Waals surface area contributed by atoms with Gasteiger partial charge in [0, 0.05) is 14.2 Å². The molecule has 0 aliphatic carbocycles. The summed E-state index contributed by atoms with van der Waals surface area (Å²) in [5.74, 6) is -0.852. The topological polar surface area (TPSA) is 0 Å². The van der Waals surface area contributed by atoms with Gasteiger partial charge >= 0.3 is 0 Å². The van der Waals surface area contributed by atoms with Gasteiger partial charge in [-0.2, -0.15) is 0 Å². The van der Waals surface area contributed by atoms with Gasteiger partial charge in [0.05, 0.1) is 4.83 Å². The van der Waals surface area contributed by atoms with Crippen LogP contribution in [-0.2, 0) is 0 Å². The largest absolute Gasteiger partial charge is 0.207 e. The summed E-state index contributed by atoms with van der Waals surface area (Å²) in [6.07, 6.45) is 0. The Hall–Kier alpha value is -0.200. The average Bonchev–Trinajstić information content (AvgIpc) is 2.36. The first-order valence-corrected chi connectivity index (χ1v) is 7.82. The first kappa shape index (κ1) is 15.2. The van der Waals surface area contributed by atoms with Crippen molar-refractivity contribution < 1.29 is 8.78 Å². The highest BCUT2D eigenvalue weighted by Gasteiger charge is 2.19. The third-order valence-electron chi connectivity index (χ3n) is 2.78. The minimum Gasteiger partial charge on any atom is -0.207 e. The molecule has 0 bridgehead atoms. The van der Waals surface area contributed by atoms with Crippen molar-refractivity contribution >= 4 is 50.1 Å². The Morgan fingerprint density at radius 2 is 1.79 bits per heavy atom. The van der Waals surface area contributed by atoms with E-state index in [2.05, 4.69) is 38.5 Å². The molecule has 0 amide bonds. The van der Waals surface area contributed by atoms with Gasteiger partial charge in [-0.05, 0) is 71.0 Å². The molecular weight excluding hydrogens is 448 g/mol. The maximum Gasteiger partial charge on any atom is 0.128 e. The van der Waals surface area contributed by atoms with Crippen molar-refractivity contribution in [3.05, 3.63) is 67.2 Å². The van der Waals surface area contributed by atoms with Crippen LogP contribution in [0.2, 0.25) is 5.02 Å². The molecule has 0 saturated carbocycles. The molecule has 2 aromatic carbocycles. The van der Waals surface area contributed by atoms with Crippen molar-refractivity contribution in [1.82, 2.24) is 0 Å². The number of aryl methyl sites for hydroxylation is 1. The van der Waals surface area contributed by atoms with Gasteiger partial charge in [0.25, 0.3) is 0 Å². The molecule has 0 saturated heterocycles. The molecule has 100 valence electrons. The van der Waals surface area contributed by atoms with Crippen molar-refractivity contribution in [3.63, 3.8) is 0 Å². The van der Waals surface area contributed by atoms with Crippen molar-refractivity contribution in [2.45, 2.75) is 11.8 Å².